The normalized spacial score (nSPS) is 21.4. The highest BCUT2D eigenvalue weighted by Crippen LogP contribution is 2.41. The SMILES string of the molecule is Cc1cc(-n2c(C)cc3c2CC(C)(C)CC3N)no1. The summed E-state index contributed by atoms with van der Waals surface area (Å²) >= 11 is 0. The lowest BCUT2D eigenvalue weighted by molar-refractivity contribution is 0.278. The quantitative estimate of drug-likeness (QED) is 0.856. The fourth-order valence-electron chi connectivity index (χ4n) is 3.23. The van der Waals surface area contributed by atoms with Crippen LogP contribution in [0.15, 0.2) is 16.7 Å². The second-order valence-corrected chi connectivity index (χ2v) is 6.47. The van der Waals surface area contributed by atoms with E-state index in [9.17, 15) is 0 Å². The van der Waals surface area contributed by atoms with Gasteiger partial charge >= 0.3 is 0 Å². The Labute approximate surface area is 113 Å². The first-order chi connectivity index (χ1) is 8.87. The number of aromatic nitrogens is 2. The van der Waals surface area contributed by atoms with E-state index in [4.69, 9.17) is 10.3 Å². The molecule has 1 aliphatic rings. The lowest BCUT2D eigenvalue weighted by atomic mass is 9.74. The third-order valence-corrected chi connectivity index (χ3v) is 3.98. The van der Waals surface area contributed by atoms with Crippen LogP contribution in [0.3, 0.4) is 0 Å². The standard InChI is InChI=1S/C15H21N3O/c1-9-5-11-12(16)7-15(3,4)8-13(11)18(9)14-6-10(2)19-17-14/h5-6,12H,7-8,16H2,1-4H3. The molecule has 0 aliphatic heterocycles. The van der Waals surface area contributed by atoms with Gasteiger partial charge in [-0.2, -0.15) is 0 Å². The Bertz CT molecular complexity index is 621. The van der Waals surface area contributed by atoms with E-state index in [1.54, 1.807) is 0 Å². The Morgan fingerprint density at radius 2 is 2.11 bits per heavy atom. The van der Waals surface area contributed by atoms with E-state index in [0.29, 0.717) is 0 Å². The monoisotopic (exact) mass is 259 g/mol. The van der Waals surface area contributed by atoms with Crippen molar-refractivity contribution in [2.45, 2.75) is 46.6 Å². The zero-order valence-corrected chi connectivity index (χ0v) is 12.0. The van der Waals surface area contributed by atoms with Crippen LogP contribution < -0.4 is 5.73 Å². The van der Waals surface area contributed by atoms with E-state index >= 15 is 0 Å². The van der Waals surface area contributed by atoms with Crippen LogP contribution in [0.2, 0.25) is 0 Å². The maximum atomic E-state index is 6.33. The first kappa shape index (κ1) is 12.5. The fourth-order valence-corrected chi connectivity index (χ4v) is 3.23. The first-order valence-electron chi connectivity index (χ1n) is 6.78. The highest BCUT2D eigenvalue weighted by Gasteiger charge is 2.33. The lowest BCUT2D eigenvalue weighted by Crippen LogP contribution is -2.30. The number of fused-ring (bicyclic) bond motifs is 1. The molecule has 2 aromatic heterocycles. The van der Waals surface area contributed by atoms with Crippen LogP contribution in [0.1, 0.15) is 49.0 Å². The van der Waals surface area contributed by atoms with E-state index in [-0.39, 0.29) is 11.5 Å². The number of hydrogen-bond donors (Lipinski definition) is 1. The Hall–Kier alpha value is -1.55. The van der Waals surface area contributed by atoms with Crippen LogP contribution in [-0.2, 0) is 6.42 Å². The predicted octanol–water partition coefficient (Wildman–Crippen LogP) is 3.05. The van der Waals surface area contributed by atoms with Crippen molar-refractivity contribution < 1.29 is 4.52 Å². The number of nitrogens with two attached hydrogens (primary N) is 1. The van der Waals surface area contributed by atoms with Gasteiger partial charge in [0, 0.05) is 23.5 Å². The van der Waals surface area contributed by atoms with Crippen molar-refractivity contribution in [2.24, 2.45) is 11.1 Å². The van der Waals surface area contributed by atoms with Gasteiger partial charge in [0.2, 0.25) is 0 Å². The molecule has 2 heterocycles. The topological polar surface area (TPSA) is 57.0 Å². The van der Waals surface area contributed by atoms with Gasteiger partial charge < -0.3 is 10.3 Å². The van der Waals surface area contributed by atoms with Crippen LogP contribution in [0, 0.1) is 19.3 Å². The minimum Gasteiger partial charge on any atom is -0.360 e. The molecule has 4 nitrogen and oxygen atoms in total. The molecule has 0 amide bonds. The molecule has 1 atom stereocenters. The minimum atomic E-state index is 0.117. The van der Waals surface area contributed by atoms with Crippen LogP contribution in [0.4, 0.5) is 0 Å². The third-order valence-electron chi connectivity index (χ3n) is 3.98. The average molecular weight is 259 g/mol. The van der Waals surface area contributed by atoms with Crippen molar-refractivity contribution >= 4 is 0 Å². The van der Waals surface area contributed by atoms with Crippen molar-refractivity contribution in [1.82, 2.24) is 9.72 Å². The zero-order chi connectivity index (χ0) is 13.8. The van der Waals surface area contributed by atoms with Gasteiger partial charge in [-0.15, -0.1) is 0 Å². The van der Waals surface area contributed by atoms with E-state index < -0.39 is 0 Å². The summed E-state index contributed by atoms with van der Waals surface area (Å²) in [4.78, 5) is 0. The third kappa shape index (κ3) is 2.00. The van der Waals surface area contributed by atoms with E-state index in [2.05, 4.69) is 36.6 Å². The summed E-state index contributed by atoms with van der Waals surface area (Å²) in [6, 6.07) is 4.28. The number of hydrogen-bond acceptors (Lipinski definition) is 3. The van der Waals surface area contributed by atoms with Crippen molar-refractivity contribution in [1.29, 1.82) is 0 Å². The molecule has 19 heavy (non-hydrogen) atoms. The number of nitrogens with zero attached hydrogens (tertiary/aromatic N) is 2. The molecule has 4 heteroatoms. The van der Waals surface area contributed by atoms with Gasteiger partial charge in [0.05, 0.1) is 0 Å². The van der Waals surface area contributed by atoms with Crippen molar-refractivity contribution in [3.63, 3.8) is 0 Å². The number of aryl methyl sites for hydroxylation is 2. The van der Waals surface area contributed by atoms with Gasteiger partial charge in [-0.25, -0.2) is 0 Å². The Morgan fingerprint density at radius 3 is 2.74 bits per heavy atom. The molecule has 102 valence electrons. The summed E-state index contributed by atoms with van der Waals surface area (Å²) in [5.41, 5.74) is 10.3. The second-order valence-electron chi connectivity index (χ2n) is 6.47. The van der Waals surface area contributed by atoms with Crippen molar-refractivity contribution in [3.8, 4) is 5.82 Å². The molecular formula is C15H21N3O. The van der Waals surface area contributed by atoms with Crippen molar-refractivity contribution in [2.75, 3.05) is 0 Å². The molecule has 0 fully saturated rings. The van der Waals surface area contributed by atoms with Crippen LogP contribution in [0.25, 0.3) is 5.82 Å². The Balaban J connectivity index is 2.17. The maximum Gasteiger partial charge on any atom is 0.180 e. The van der Waals surface area contributed by atoms with Crippen LogP contribution in [-0.4, -0.2) is 9.72 Å². The van der Waals surface area contributed by atoms with Crippen LogP contribution in [0.5, 0.6) is 0 Å². The summed E-state index contributed by atoms with van der Waals surface area (Å²) in [5, 5.41) is 4.15. The van der Waals surface area contributed by atoms with Gasteiger partial charge in [0.15, 0.2) is 5.82 Å². The van der Waals surface area contributed by atoms with Gasteiger partial charge in [-0.1, -0.05) is 19.0 Å². The van der Waals surface area contributed by atoms with Crippen LogP contribution >= 0.6 is 0 Å². The Kier molecular flexibility index (Phi) is 2.61. The molecule has 0 saturated heterocycles. The molecule has 1 unspecified atom stereocenters. The summed E-state index contributed by atoms with van der Waals surface area (Å²) in [6.07, 6.45) is 2.05. The molecule has 0 aromatic carbocycles. The Morgan fingerprint density at radius 1 is 1.37 bits per heavy atom. The number of rotatable bonds is 1. The first-order valence-corrected chi connectivity index (χ1v) is 6.78. The van der Waals surface area contributed by atoms with Gasteiger partial charge in [0.1, 0.15) is 5.76 Å². The van der Waals surface area contributed by atoms with Crippen molar-refractivity contribution in [3.05, 3.63) is 34.8 Å². The predicted molar refractivity (Wildman–Crippen MR) is 74.3 cm³/mol. The van der Waals surface area contributed by atoms with E-state index in [1.165, 1.54) is 17.0 Å². The van der Waals surface area contributed by atoms with E-state index in [1.807, 2.05) is 13.0 Å². The molecule has 0 spiro atoms. The highest BCUT2D eigenvalue weighted by atomic mass is 16.5. The average Bonchev–Trinajstić information content (AvgIpc) is 2.81. The van der Waals surface area contributed by atoms with E-state index in [0.717, 1.165) is 24.4 Å². The fraction of sp³-hybridized carbons (Fsp3) is 0.533. The second kappa shape index (κ2) is 3.97. The zero-order valence-electron chi connectivity index (χ0n) is 12.0. The van der Waals surface area contributed by atoms with Gasteiger partial charge in [-0.3, -0.25) is 4.57 Å². The molecule has 0 saturated carbocycles. The summed E-state index contributed by atoms with van der Waals surface area (Å²) in [6.45, 7) is 8.56. The maximum absolute atomic E-state index is 6.33. The molecule has 3 rings (SSSR count). The molecule has 0 radical (unpaired) electrons. The smallest absolute Gasteiger partial charge is 0.180 e. The molecular weight excluding hydrogens is 238 g/mol. The summed E-state index contributed by atoms with van der Waals surface area (Å²) < 4.78 is 7.40. The summed E-state index contributed by atoms with van der Waals surface area (Å²) in [5.74, 6) is 1.69. The molecule has 2 N–H and O–H groups in total. The lowest BCUT2D eigenvalue weighted by Gasteiger charge is -2.34. The van der Waals surface area contributed by atoms with Gasteiger partial charge in [-0.05, 0) is 43.7 Å². The highest BCUT2D eigenvalue weighted by molar-refractivity contribution is 5.41. The summed E-state index contributed by atoms with van der Waals surface area (Å²) in [7, 11) is 0. The molecule has 0 bridgehead atoms. The van der Waals surface area contributed by atoms with Gasteiger partial charge in [0.25, 0.3) is 0 Å². The molecule has 1 aliphatic carbocycles. The minimum absolute atomic E-state index is 0.117. The largest absolute Gasteiger partial charge is 0.360 e. The molecule has 2 aromatic rings.